The van der Waals surface area contributed by atoms with Crippen molar-refractivity contribution >= 4 is 45.8 Å². The number of aryl methyl sites for hydroxylation is 1. The van der Waals surface area contributed by atoms with E-state index < -0.39 is 6.09 Å². The number of benzene rings is 1. The molecule has 2 heterocycles. The summed E-state index contributed by atoms with van der Waals surface area (Å²) in [6, 6.07) is 5.87. The molecule has 1 saturated heterocycles. The van der Waals surface area contributed by atoms with Crippen molar-refractivity contribution in [2.75, 3.05) is 43.5 Å². The van der Waals surface area contributed by atoms with E-state index in [1.165, 1.54) is 24.0 Å². The molecule has 7 nitrogen and oxygen atoms in total. The van der Waals surface area contributed by atoms with Crippen LogP contribution in [0.1, 0.15) is 11.3 Å². The molecule has 0 atom stereocenters. The smallest absolute Gasteiger partial charge is 0.413 e. The molecule has 0 saturated carbocycles. The third kappa shape index (κ3) is 4.90. The highest BCUT2D eigenvalue weighted by molar-refractivity contribution is 7.13. The van der Waals surface area contributed by atoms with Gasteiger partial charge in [0.2, 0.25) is 5.91 Å². The first kappa shape index (κ1) is 19.4. The number of thiazole rings is 1. The van der Waals surface area contributed by atoms with Gasteiger partial charge in [0.25, 0.3) is 0 Å². The molecule has 2 amide bonds. The summed E-state index contributed by atoms with van der Waals surface area (Å²) in [5.41, 5.74) is 2.93. The second kappa shape index (κ2) is 8.58. The minimum Gasteiger partial charge on any atom is -0.453 e. The number of hydrogen-bond donors (Lipinski definition) is 1. The standard InChI is InChI=1S/C18H21ClN4O3S/c1-12-3-4-13(19)9-15(12)22-5-7-23(8-6-22)16(24)10-14-11-27-17(20-14)21-18(25)26-2/h3-4,9,11H,5-8,10H2,1-2H3,(H,20,21,25). The maximum atomic E-state index is 12.6. The summed E-state index contributed by atoms with van der Waals surface area (Å²) in [7, 11) is 1.29. The minimum atomic E-state index is -0.574. The Morgan fingerprint density at radius 2 is 2.04 bits per heavy atom. The summed E-state index contributed by atoms with van der Waals surface area (Å²) in [6.45, 7) is 4.90. The van der Waals surface area contributed by atoms with Gasteiger partial charge in [-0.25, -0.2) is 9.78 Å². The average molecular weight is 409 g/mol. The SMILES string of the molecule is COC(=O)Nc1nc(CC(=O)N2CCN(c3cc(Cl)ccc3C)CC2)cs1. The van der Waals surface area contributed by atoms with E-state index in [2.05, 4.69) is 26.9 Å². The predicted molar refractivity (Wildman–Crippen MR) is 107 cm³/mol. The molecule has 1 aromatic heterocycles. The first-order valence-electron chi connectivity index (χ1n) is 8.54. The molecule has 1 aromatic carbocycles. The Balaban J connectivity index is 1.54. The molecule has 0 unspecified atom stereocenters. The Kier molecular flexibility index (Phi) is 6.18. The van der Waals surface area contributed by atoms with E-state index in [0.29, 0.717) is 28.9 Å². The number of nitrogens with zero attached hydrogens (tertiary/aromatic N) is 3. The highest BCUT2D eigenvalue weighted by atomic mass is 35.5. The van der Waals surface area contributed by atoms with E-state index >= 15 is 0 Å². The van der Waals surface area contributed by atoms with Crippen LogP contribution in [-0.2, 0) is 16.0 Å². The zero-order valence-corrected chi connectivity index (χ0v) is 16.8. The Bertz CT molecular complexity index is 834. The van der Waals surface area contributed by atoms with Crippen molar-refractivity contribution in [1.82, 2.24) is 9.88 Å². The lowest BCUT2D eigenvalue weighted by molar-refractivity contribution is -0.130. The van der Waals surface area contributed by atoms with Crippen LogP contribution in [0.3, 0.4) is 0 Å². The van der Waals surface area contributed by atoms with Gasteiger partial charge in [-0.05, 0) is 24.6 Å². The second-order valence-corrected chi connectivity index (χ2v) is 7.53. The summed E-state index contributed by atoms with van der Waals surface area (Å²) >= 11 is 7.38. The molecule has 9 heteroatoms. The zero-order valence-electron chi connectivity index (χ0n) is 15.2. The quantitative estimate of drug-likeness (QED) is 0.840. The van der Waals surface area contributed by atoms with Gasteiger partial charge in [-0.1, -0.05) is 17.7 Å². The van der Waals surface area contributed by atoms with Crippen LogP contribution < -0.4 is 10.2 Å². The third-order valence-electron chi connectivity index (χ3n) is 4.42. The highest BCUT2D eigenvalue weighted by Gasteiger charge is 2.23. The van der Waals surface area contributed by atoms with Crippen LogP contribution in [-0.4, -0.2) is 55.2 Å². The molecular weight excluding hydrogens is 388 g/mol. The van der Waals surface area contributed by atoms with Crippen molar-refractivity contribution in [3.05, 3.63) is 39.9 Å². The van der Waals surface area contributed by atoms with Gasteiger partial charge in [0.1, 0.15) is 0 Å². The summed E-state index contributed by atoms with van der Waals surface area (Å²) in [6.07, 6.45) is -0.357. The number of halogens is 1. The van der Waals surface area contributed by atoms with Crippen molar-refractivity contribution in [3.8, 4) is 0 Å². The summed E-state index contributed by atoms with van der Waals surface area (Å²) < 4.78 is 4.53. The van der Waals surface area contributed by atoms with Gasteiger partial charge >= 0.3 is 6.09 Å². The van der Waals surface area contributed by atoms with E-state index in [0.717, 1.165) is 18.8 Å². The first-order chi connectivity index (χ1) is 13.0. The zero-order chi connectivity index (χ0) is 19.4. The molecule has 27 heavy (non-hydrogen) atoms. The molecule has 1 aliphatic rings. The number of aromatic nitrogens is 1. The van der Waals surface area contributed by atoms with Crippen LogP contribution in [0.25, 0.3) is 0 Å². The van der Waals surface area contributed by atoms with E-state index in [4.69, 9.17) is 11.6 Å². The van der Waals surface area contributed by atoms with Gasteiger partial charge in [0, 0.05) is 42.3 Å². The monoisotopic (exact) mass is 408 g/mol. The Hall–Kier alpha value is -2.32. The summed E-state index contributed by atoms with van der Waals surface area (Å²) in [5, 5.41) is 5.41. The molecule has 1 N–H and O–H groups in total. The van der Waals surface area contributed by atoms with E-state index in [1.807, 2.05) is 23.1 Å². The summed E-state index contributed by atoms with van der Waals surface area (Å²) in [4.78, 5) is 32.1. The second-order valence-electron chi connectivity index (χ2n) is 6.24. The van der Waals surface area contributed by atoms with Crippen LogP contribution in [0.5, 0.6) is 0 Å². The van der Waals surface area contributed by atoms with Gasteiger partial charge in [-0.2, -0.15) is 0 Å². The number of nitrogens with one attached hydrogen (secondary N) is 1. The fourth-order valence-electron chi connectivity index (χ4n) is 2.97. The van der Waals surface area contributed by atoms with E-state index in [9.17, 15) is 9.59 Å². The highest BCUT2D eigenvalue weighted by Crippen LogP contribution is 2.25. The maximum Gasteiger partial charge on any atom is 0.413 e. The first-order valence-corrected chi connectivity index (χ1v) is 9.80. The lowest BCUT2D eigenvalue weighted by Crippen LogP contribution is -2.49. The maximum absolute atomic E-state index is 12.6. The van der Waals surface area contributed by atoms with Gasteiger partial charge in [-0.3, -0.25) is 10.1 Å². The number of anilines is 2. The largest absolute Gasteiger partial charge is 0.453 e. The lowest BCUT2D eigenvalue weighted by Gasteiger charge is -2.36. The molecular formula is C18H21ClN4O3S. The van der Waals surface area contributed by atoms with Crippen molar-refractivity contribution < 1.29 is 14.3 Å². The number of carbonyl (C=O) groups is 2. The van der Waals surface area contributed by atoms with Gasteiger partial charge in [-0.15, -0.1) is 11.3 Å². The Morgan fingerprint density at radius 3 is 2.74 bits per heavy atom. The number of rotatable bonds is 4. The number of amides is 2. The molecule has 1 aliphatic heterocycles. The number of hydrogen-bond acceptors (Lipinski definition) is 6. The molecule has 0 spiro atoms. The Labute approximate surface area is 166 Å². The van der Waals surface area contributed by atoms with E-state index in [-0.39, 0.29) is 12.3 Å². The number of ether oxygens (including phenoxy) is 1. The van der Waals surface area contributed by atoms with E-state index in [1.54, 1.807) is 5.38 Å². The molecule has 0 aliphatic carbocycles. The van der Waals surface area contributed by atoms with Crippen LogP contribution in [0.15, 0.2) is 23.6 Å². The molecule has 3 rings (SSSR count). The van der Waals surface area contributed by atoms with Gasteiger partial charge in [0.15, 0.2) is 5.13 Å². The molecule has 0 bridgehead atoms. The average Bonchev–Trinajstić information content (AvgIpc) is 3.10. The number of carbonyl (C=O) groups excluding carboxylic acids is 2. The molecule has 1 fully saturated rings. The predicted octanol–water partition coefficient (Wildman–Crippen LogP) is 3.17. The van der Waals surface area contributed by atoms with Crippen LogP contribution in [0.4, 0.5) is 15.6 Å². The van der Waals surface area contributed by atoms with Gasteiger partial charge < -0.3 is 14.5 Å². The summed E-state index contributed by atoms with van der Waals surface area (Å²) in [5.74, 6) is 0.0346. The molecule has 0 radical (unpaired) electrons. The number of methoxy groups -OCH3 is 1. The van der Waals surface area contributed by atoms with Crippen molar-refractivity contribution in [2.45, 2.75) is 13.3 Å². The lowest BCUT2D eigenvalue weighted by atomic mass is 10.1. The van der Waals surface area contributed by atoms with Gasteiger partial charge in [0.05, 0.1) is 19.2 Å². The Morgan fingerprint density at radius 1 is 1.30 bits per heavy atom. The van der Waals surface area contributed by atoms with Crippen molar-refractivity contribution in [3.63, 3.8) is 0 Å². The number of piperazine rings is 1. The fourth-order valence-corrected chi connectivity index (χ4v) is 3.83. The van der Waals surface area contributed by atoms with Crippen LogP contribution >= 0.6 is 22.9 Å². The van der Waals surface area contributed by atoms with Crippen molar-refractivity contribution in [1.29, 1.82) is 0 Å². The molecule has 2 aromatic rings. The van der Waals surface area contributed by atoms with Crippen LogP contribution in [0, 0.1) is 6.92 Å². The van der Waals surface area contributed by atoms with Crippen molar-refractivity contribution in [2.24, 2.45) is 0 Å². The third-order valence-corrected chi connectivity index (χ3v) is 5.46. The van der Waals surface area contributed by atoms with Crippen LogP contribution in [0.2, 0.25) is 5.02 Å². The topological polar surface area (TPSA) is 74.8 Å². The molecule has 144 valence electrons. The minimum absolute atomic E-state index is 0.0346. The fraction of sp³-hybridized carbons (Fsp3) is 0.389. The normalized spacial score (nSPS) is 14.2.